The number of aromatic nitrogens is 4. The molecule has 1 atom stereocenters. The Balaban J connectivity index is 1.68. The van der Waals surface area contributed by atoms with Crippen LogP contribution in [-0.2, 0) is 17.2 Å². The van der Waals surface area contributed by atoms with Crippen LogP contribution in [0.4, 0.5) is 8.78 Å². The van der Waals surface area contributed by atoms with E-state index in [1.54, 1.807) is 29.9 Å². The van der Waals surface area contributed by atoms with Crippen LogP contribution in [0.25, 0.3) is 11.4 Å². The maximum absolute atomic E-state index is 13.2. The van der Waals surface area contributed by atoms with E-state index in [0.29, 0.717) is 31.2 Å². The quantitative estimate of drug-likeness (QED) is 0.567. The summed E-state index contributed by atoms with van der Waals surface area (Å²) in [7, 11) is 0. The lowest BCUT2D eigenvalue weighted by molar-refractivity contribution is -0.0158. The molecule has 148 valence electrons. The van der Waals surface area contributed by atoms with E-state index in [9.17, 15) is 13.6 Å². The minimum atomic E-state index is -3.17. The number of carbonyl (C=O) groups is 1. The lowest BCUT2D eigenvalue weighted by Gasteiger charge is -2.12. The fraction of sp³-hybridized carbons (Fsp3) is 0.368. The zero-order valence-corrected chi connectivity index (χ0v) is 15.7. The van der Waals surface area contributed by atoms with Gasteiger partial charge in [-0.1, -0.05) is 36.3 Å². The molecule has 28 heavy (non-hydrogen) atoms. The van der Waals surface area contributed by atoms with Crippen LogP contribution in [0.5, 0.6) is 0 Å². The number of esters is 1. The first-order valence-electron chi connectivity index (χ1n) is 8.80. The highest BCUT2D eigenvalue weighted by Crippen LogP contribution is 2.28. The molecule has 9 heteroatoms. The number of benzene rings is 1. The van der Waals surface area contributed by atoms with Crippen LogP contribution in [0.1, 0.15) is 48.5 Å². The molecule has 1 unspecified atom stereocenters. The van der Waals surface area contributed by atoms with Crippen LogP contribution in [0.2, 0.25) is 0 Å². The predicted molar refractivity (Wildman–Crippen MR) is 95.9 cm³/mol. The van der Waals surface area contributed by atoms with Crippen molar-refractivity contribution in [2.75, 3.05) is 6.61 Å². The van der Waals surface area contributed by atoms with Crippen LogP contribution in [0.3, 0.4) is 0 Å². The van der Waals surface area contributed by atoms with Crippen molar-refractivity contribution < 1.29 is 22.8 Å². The molecular formula is C19H20F2N4O3. The van der Waals surface area contributed by atoms with Gasteiger partial charge in [0.25, 0.3) is 5.89 Å². The number of alkyl halides is 2. The number of carbonyl (C=O) groups excluding carboxylic acids is 1. The molecule has 2 aromatic heterocycles. The lowest BCUT2D eigenvalue weighted by Crippen LogP contribution is -2.07. The molecule has 0 amide bonds. The Bertz CT molecular complexity index is 945. The van der Waals surface area contributed by atoms with Crippen LogP contribution < -0.4 is 0 Å². The van der Waals surface area contributed by atoms with E-state index in [1.807, 2.05) is 19.1 Å². The monoisotopic (exact) mass is 390 g/mol. The molecule has 0 bridgehead atoms. The second-order valence-electron chi connectivity index (χ2n) is 6.51. The minimum Gasteiger partial charge on any atom is -0.462 e. The Kier molecular flexibility index (Phi) is 5.53. The first-order valence-corrected chi connectivity index (χ1v) is 8.80. The highest BCUT2D eigenvalue weighted by molar-refractivity contribution is 5.88. The third kappa shape index (κ3) is 4.41. The van der Waals surface area contributed by atoms with Gasteiger partial charge in [0, 0.05) is 31.1 Å². The van der Waals surface area contributed by atoms with E-state index >= 15 is 0 Å². The molecule has 3 rings (SSSR count). The van der Waals surface area contributed by atoms with Crippen molar-refractivity contribution in [2.24, 2.45) is 0 Å². The summed E-state index contributed by atoms with van der Waals surface area (Å²) in [4.78, 5) is 15.5. The van der Waals surface area contributed by atoms with E-state index < -0.39 is 17.8 Å². The van der Waals surface area contributed by atoms with E-state index in [0.717, 1.165) is 5.56 Å². The van der Waals surface area contributed by atoms with Gasteiger partial charge in [-0.3, -0.25) is 4.68 Å². The van der Waals surface area contributed by atoms with Gasteiger partial charge in [0.05, 0.1) is 18.4 Å². The number of hydrogen-bond acceptors (Lipinski definition) is 6. The summed E-state index contributed by atoms with van der Waals surface area (Å²) >= 11 is 0. The SMILES string of the molecule is CCOC(=O)c1cnn(CC(C)c2ccc(-c3noc(C(C)(F)F)n3)cc2)c1. The maximum atomic E-state index is 13.2. The fourth-order valence-electron chi connectivity index (χ4n) is 2.65. The first-order chi connectivity index (χ1) is 13.3. The van der Waals surface area contributed by atoms with Crippen molar-refractivity contribution in [2.45, 2.75) is 39.2 Å². The standard InChI is InChI=1S/C19H20F2N4O3/c1-4-27-17(26)15-9-22-25(11-15)10-12(2)13-5-7-14(8-6-13)16-23-18(28-24-16)19(3,20)21/h5-9,11-12H,4,10H2,1-3H3. The minimum absolute atomic E-state index is 0.102. The van der Waals surface area contributed by atoms with Gasteiger partial charge in [-0.2, -0.15) is 18.9 Å². The average Bonchev–Trinajstić information content (AvgIpc) is 3.31. The fourth-order valence-corrected chi connectivity index (χ4v) is 2.65. The Morgan fingerprint density at radius 3 is 2.64 bits per heavy atom. The third-order valence-electron chi connectivity index (χ3n) is 4.14. The molecule has 1 aromatic carbocycles. The van der Waals surface area contributed by atoms with E-state index in [4.69, 9.17) is 4.74 Å². The zero-order valence-electron chi connectivity index (χ0n) is 15.7. The lowest BCUT2D eigenvalue weighted by atomic mass is 10.00. The number of rotatable bonds is 7. The maximum Gasteiger partial charge on any atom is 0.341 e. The first kappa shape index (κ1) is 19.7. The molecular weight excluding hydrogens is 370 g/mol. The molecule has 2 heterocycles. The van der Waals surface area contributed by atoms with Gasteiger partial charge in [-0.05, 0) is 12.5 Å². The van der Waals surface area contributed by atoms with Crippen LogP contribution >= 0.6 is 0 Å². The van der Waals surface area contributed by atoms with Crippen LogP contribution in [0.15, 0.2) is 41.2 Å². The Hall–Kier alpha value is -3.10. The molecule has 0 fully saturated rings. The largest absolute Gasteiger partial charge is 0.462 e. The van der Waals surface area contributed by atoms with Crippen molar-refractivity contribution in [3.63, 3.8) is 0 Å². The number of halogens is 2. The molecule has 0 N–H and O–H groups in total. The van der Waals surface area contributed by atoms with Gasteiger partial charge < -0.3 is 9.26 Å². The molecule has 0 spiro atoms. The van der Waals surface area contributed by atoms with Gasteiger partial charge in [-0.15, -0.1) is 0 Å². The summed E-state index contributed by atoms with van der Waals surface area (Å²) in [5, 5.41) is 7.79. The molecule has 0 aliphatic heterocycles. The summed E-state index contributed by atoms with van der Waals surface area (Å²) in [5.74, 6) is -4.07. The van der Waals surface area contributed by atoms with Gasteiger partial charge in [0.1, 0.15) is 0 Å². The molecule has 7 nitrogen and oxygen atoms in total. The summed E-state index contributed by atoms with van der Waals surface area (Å²) in [5.41, 5.74) is 2.00. The Morgan fingerprint density at radius 1 is 1.32 bits per heavy atom. The number of nitrogens with zero attached hydrogens (tertiary/aromatic N) is 4. The number of ether oxygens (including phenoxy) is 1. The van der Waals surface area contributed by atoms with E-state index in [-0.39, 0.29) is 11.7 Å². The summed E-state index contributed by atoms with van der Waals surface area (Å²) in [6, 6.07) is 7.24. The normalized spacial score (nSPS) is 12.8. The molecule has 0 saturated carbocycles. The molecule has 0 aliphatic rings. The smallest absolute Gasteiger partial charge is 0.341 e. The Labute approximate surface area is 160 Å². The van der Waals surface area contributed by atoms with Crippen LogP contribution in [-0.4, -0.2) is 32.5 Å². The van der Waals surface area contributed by atoms with Gasteiger partial charge in [0.2, 0.25) is 5.82 Å². The van der Waals surface area contributed by atoms with Crippen molar-refractivity contribution in [1.29, 1.82) is 0 Å². The highest BCUT2D eigenvalue weighted by atomic mass is 19.3. The van der Waals surface area contributed by atoms with E-state index in [1.165, 1.54) is 6.20 Å². The van der Waals surface area contributed by atoms with Gasteiger partial charge >= 0.3 is 11.9 Å². The second kappa shape index (κ2) is 7.87. The van der Waals surface area contributed by atoms with Gasteiger partial charge in [-0.25, -0.2) is 4.79 Å². The summed E-state index contributed by atoms with van der Waals surface area (Å²) < 4.78 is 37.7. The summed E-state index contributed by atoms with van der Waals surface area (Å²) in [6.45, 7) is 5.34. The summed E-state index contributed by atoms with van der Waals surface area (Å²) in [6.07, 6.45) is 3.12. The van der Waals surface area contributed by atoms with Gasteiger partial charge in [0.15, 0.2) is 0 Å². The number of hydrogen-bond donors (Lipinski definition) is 0. The van der Waals surface area contributed by atoms with Crippen molar-refractivity contribution in [3.05, 3.63) is 53.7 Å². The van der Waals surface area contributed by atoms with Crippen molar-refractivity contribution >= 4 is 5.97 Å². The van der Waals surface area contributed by atoms with Crippen molar-refractivity contribution in [1.82, 2.24) is 19.9 Å². The van der Waals surface area contributed by atoms with E-state index in [2.05, 4.69) is 19.8 Å². The Morgan fingerprint density at radius 2 is 2.04 bits per heavy atom. The zero-order chi connectivity index (χ0) is 20.3. The molecule has 3 aromatic rings. The predicted octanol–water partition coefficient (Wildman–Crippen LogP) is 4.03. The topological polar surface area (TPSA) is 83.0 Å². The second-order valence-corrected chi connectivity index (χ2v) is 6.51. The molecule has 0 radical (unpaired) electrons. The third-order valence-corrected chi connectivity index (χ3v) is 4.14. The van der Waals surface area contributed by atoms with Crippen molar-refractivity contribution in [3.8, 4) is 11.4 Å². The highest BCUT2D eigenvalue weighted by Gasteiger charge is 2.32. The average molecular weight is 390 g/mol. The van der Waals surface area contributed by atoms with Crippen LogP contribution in [0, 0.1) is 0 Å². The molecule has 0 saturated heterocycles. The molecule has 0 aliphatic carbocycles.